The van der Waals surface area contributed by atoms with E-state index < -0.39 is 17.2 Å². The zero-order valence-corrected chi connectivity index (χ0v) is 13.0. The summed E-state index contributed by atoms with van der Waals surface area (Å²) in [4.78, 5) is 0. The average Bonchev–Trinajstić information content (AvgIpc) is 2.33. The van der Waals surface area contributed by atoms with Crippen molar-refractivity contribution < 1.29 is 13.9 Å². The summed E-state index contributed by atoms with van der Waals surface area (Å²) < 4.78 is 27.6. The minimum atomic E-state index is -1.40. The summed E-state index contributed by atoms with van der Waals surface area (Å²) in [5, 5.41) is 10.9. The van der Waals surface area contributed by atoms with E-state index in [1.807, 2.05) is 0 Å². The summed E-state index contributed by atoms with van der Waals surface area (Å²) in [7, 11) is 0. The van der Waals surface area contributed by atoms with E-state index in [9.17, 15) is 13.9 Å². The van der Waals surface area contributed by atoms with Gasteiger partial charge in [0.15, 0.2) is 0 Å². The van der Waals surface area contributed by atoms with Crippen LogP contribution in [0.1, 0.15) is 18.1 Å². The molecular formula is C15H12BrClF2O. The third kappa shape index (κ3) is 3.37. The molecule has 0 spiro atoms. The van der Waals surface area contributed by atoms with Gasteiger partial charge in [-0.05, 0) is 42.8 Å². The Morgan fingerprint density at radius 2 is 1.90 bits per heavy atom. The van der Waals surface area contributed by atoms with E-state index in [4.69, 9.17) is 11.6 Å². The fraction of sp³-hybridized carbons (Fsp3) is 0.200. The lowest BCUT2D eigenvalue weighted by Crippen LogP contribution is -2.25. The predicted molar refractivity (Wildman–Crippen MR) is 78.8 cm³/mol. The van der Waals surface area contributed by atoms with Gasteiger partial charge < -0.3 is 5.11 Å². The number of rotatable bonds is 3. The highest BCUT2D eigenvalue weighted by atomic mass is 79.9. The Morgan fingerprint density at radius 1 is 1.20 bits per heavy atom. The van der Waals surface area contributed by atoms with Gasteiger partial charge >= 0.3 is 0 Å². The van der Waals surface area contributed by atoms with Crippen molar-refractivity contribution in [3.63, 3.8) is 0 Å². The van der Waals surface area contributed by atoms with E-state index in [0.29, 0.717) is 10.6 Å². The van der Waals surface area contributed by atoms with Crippen LogP contribution in [0.15, 0.2) is 40.9 Å². The molecule has 5 heteroatoms. The lowest BCUT2D eigenvalue weighted by molar-refractivity contribution is 0.0567. The van der Waals surface area contributed by atoms with E-state index in [0.717, 1.165) is 22.7 Å². The van der Waals surface area contributed by atoms with Crippen LogP contribution in [-0.2, 0) is 12.0 Å². The Balaban J connectivity index is 2.37. The third-order valence-corrected chi connectivity index (χ3v) is 3.86. The highest BCUT2D eigenvalue weighted by Gasteiger charge is 2.27. The summed E-state index contributed by atoms with van der Waals surface area (Å²) in [5.41, 5.74) is -0.827. The first-order chi connectivity index (χ1) is 9.29. The average molecular weight is 362 g/mol. The lowest BCUT2D eigenvalue weighted by atomic mass is 9.89. The summed E-state index contributed by atoms with van der Waals surface area (Å²) in [6.45, 7) is 1.52. The zero-order valence-electron chi connectivity index (χ0n) is 10.6. The van der Waals surface area contributed by atoms with E-state index in [2.05, 4.69) is 15.9 Å². The first-order valence-corrected chi connectivity index (χ1v) is 7.08. The number of hydrogen-bond acceptors (Lipinski definition) is 1. The molecule has 0 aliphatic carbocycles. The number of halogens is 4. The maximum absolute atomic E-state index is 13.7. The molecule has 1 unspecified atom stereocenters. The molecule has 0 saturated carbocycles. The Hall–Kier alpha value is -0.970. The van der Waals surface area contributed by atoms with Gasteiger partial charge in [-0.3, -0.25) is 0 Å². The van der Waals surface area contributed by atoms with Crippen LogP contribution < -0.4 is 0 Å². The monoisotopic (exact) mass is 360 g/mol. The van der Waals surface area contributed by atoms with Crippen molar-refractivity contribution >= 4 is 27.5 Å². The molecule has 0 aliphatic heterocycles. The molecule has 1 atom stereocenters. The standard InChI is InChI=1S/C15H12BrClF2O/c1-15(20,12-4-2-10(16)7-13(12)17)8-9-6-11(18)3-5-14(9)19/h2-7,20H,8H2,1H3. The molecule has 0 radical (unpaired) electrons. The fourth-order valence-electron chi connectivity index (χ4n) is 2.07. The third-order valence-electron chi connectivity index (χ3n) is 3.05. The molecule has 0 aliphatic rings. The van der Waals surface area contributed by atoms with Crippen LogP contribution in [0, 0.1) is 11.6 Å². The molecule has 2 aromatic rings. The van der Waals surface area contributed by atoms with Crippen LogP contribution in [0.3, 0.4) is 0 Å². The quantitative estimate of drug-likeness (QED) is 0.830. The van der Waals surface area contributed by atoms with Gasteiger partial charge in [-0.15, -0.1) is 0 Å². The molecule has 0 aromatic heterocycles. The van der Waals surface area contributed by atoms with Crippen molar-refractivity contribution in [2.24, 2.45) is 0 Å². The first-order valence-electron chi connectivity index (χ1n) is 5.91. The number of hydrogen-bond donors (Lipinski definition) is 1. The van der Waals surface area contributed by atoms with Crippen LogP contribution >= 0.6 is 27.5 Å². The van der Waals surface area contributed by atoms with Crippen LogP contribution in [0.4, 0.5) is 8.78 Å². The molecule has 0 bridgehead atoms. The van der Waals surface area contributed by atoms with Crippen molar-refractivity contribution in [3.8, 4) is 0 Å². The highest BCUT2D eigenvalue weighted by Crippen LogP contribution is 2.33. The van der Waals surface area contributed by atoms with E-state index >= 15 is 0 Å². The van der Waals surface area contributed by atoms with E-state index in [1.165, 1.54) is 6.92 Å². The molecule has 0 heterocycles. The topological polar surface area (TPSA) is 20.2 Å². The first kappa shape index (κ1) is 15.4. The lowest BCUT2D eigenvalue weighted by Gasteiger charge is -2.25. The SMILES string of the molecule is CC(O)(Cc1cc(F)ccc1F)c1ccc(Br)cc1Cl. The van der Waals surface area contributed by atoms with Crippen molar-refractivity contribution in [1.82, 2.24) is 0 Å². The van der Waals surface area contributed by atoms with Crippen molar-refractivity contribution in [3.05, 3.63) is 68.7 Å². The van der Waals surface area contributed by atoms with Gasteiger partial charge in [0.05, 0.1) is 5.60 Å². The maximum atomic E-state index is 13.7. The molecule has 106 valence electrons. The van der Waals surface area contributed by atoms with Gasteiger partial charge in [0.2, 0.25) is 0 Å². The summed E-state index contributed by atoms with van der Waals surface area (Å²) in [6.07, 6.45) is -0.0715. The second kappa shape index (κ2) is 5.80. The van der Waals surface area contributed by atoms with Crippen LogP contribution in [0.5, 0.6) is 0 Å². The molecule has 1 nitrogen and oxygen atoms in total. The van der Waals surface area contributed by atoms with Gasteiger partial charge in [-0.25, -0.2) is 8.78 Å². The Morgan fingerprint density at radius 3 is 2.55 bits per heavy atom. The van der Waals surface area contributed by atoms with Crippen LogP contribution in [0.2, 0.25) is 5.02 Å². The molecule has 2 aromatic carbocycles. The Bertz CT molecular complexity index is 644. The zero-order chi connectivity index (χ0) is 14.9. The normalized spacial score (nSPS) is 14.1. The van der Waals surface area contributed by atoms with Gasteiger partial charge in [0, 0.05) is 21.5 Å². The largest absolute Gasteiger partial charge is 0.385 e. The summed E-state index contributed by atoms with van der Waals surface area (Å²) in [5.74, 6) is -1.10. The van der Waals surface area contributed by atoms with Gasteiger partial charge in [-0.2, -0.15) is 0 Å². The molecule has 0 fully saturated rings. The Kier molecular flexibility index (Phi) is 4.47. The second-order valence-corrected chi connectivity index (χ2v) is 6.13. The summed E-state index contributed by atoms with van der Waals surface area (Å²) >= 11 is 9.37. The smallest absolute Gasteiger partial charge is 0.126 e. The highest BCUT2D eigenvalue weighted by molar-refractivity contribution is 9.10. The molecule has 0 amide bonds. The van der Waals surface area contributed by atoms with E-state index in [1.54, 1.807) is 18.2 Å². The van der Waals surface area contributed by atoms with Crippen molar-refractivity contribution in [2.75, 3.05) is 0 Å². The molecule has 1 N–H and O–H groups in total. The van der Waals surface area contributed by atoms with Crippen molar-refractivity contribution in [2.45, 2.75) is 18.9 Å². The molecule has 20 heavy (non-hydrogen) atoms. The van der Waals surface area contributed by atoms with Gasteiger partial charge in [0.1, 0.15) is 11.6 Å². The minimum absolute atomic E-state index is 0.0715. The minimum Gasteiger partial charge on any atom is -0.385 e. The Labute approximate surface area is 129 Å². The fourth-order valence-corrected chi connectivity index (χ4v) is 2.95. The second-order valence-electron chi connectivity index (χ2n) is 4.81. The summed E-state index contributed by atoms with van der Waals surface area (Å²) in [6, 6.07) is 8.20. The maximum Gasteiger partial charge on any atom is 0.126 e. The van der Waals surface area contributed by atoms with Crippen molar-refractivity contribution in [1.29, 1.82) is 0 Å². The number of aliphatic hydroxyl groups is 1. The predicted octanol–water partition coefficient (Wildman–Crippen LogP) is 4.83. The molecule has 0 saturated heterocycles. The number of benzene rings is 2. The van der Waals surface area contributed by atoms with Crippen LogP contribution in [0.25, 0.3) is 0 Å². The van der Waals surface area contributed by atoms with E-state index in [-0.39, 0.29) is 12.0 Å². The molecule has 2 rings (SSSR count). The van der Waals surface area contributed by atoms with Gasteiger partial charge in [-0.1, -0.05) is 33.6 Å². The van der Waals surface area contributed by atoms with Gasteiger partial charge in [0.25, 0.3) is 0 Å². The molecular weight excluding hydrogens is 350 g/mol. The van der Waals surface area contributed by atoms with Crippen LogP contribution in [-0.4, -0.2) is 5.11 Å².